The van der Waals surface area contributed by atoms with Crippen LogP contribution in [-0.4, -0.2) is 38.2 Å². The molecule has 1 atom stereocenters. The van der Waals surface area contributed by atoms with E-state index in [9.17, 15) is 14.3 Å². The Hall–Kier alpha value is -2.77. The van der Waals surface area contributed by atoms with E-state index in [0.717, 1.165) is 34.6 Å². The maximum absolute atomic E-state index is 13.3. The van der Waals surface area contributed by atoms with Crippen LogP contribution in [0.5, 0.6) is 5.75 Å². The topological polar surface area (TPSA) is 97.2 Å². The van der Waals surface area contributed by atoms with Crippen LogP contribution in [0.3, 0.4) is 0 Å². The molecule has 3 aromatic rings. The van der Waals surface area contributed by atoms with Crippen LogP contribution in [0, 0.1) is 50.5 Å². The van der Waals surface area contributed by atoms with Crippen LogP contribution in [0.15, 0.2) is 71.5 Å². The Bertz CT molecular complexity index is 1360. The molecule has 7 nitrogen and oxygen atoms in total. The monoisotopic (exact) mass is 802 g/mol. The normalized spacial score (nSPS) is 13.0. The summed E-state index contributed by atoms with van der Waals surface area (Å²) in [5, 5.41) is 20.1. The average molecular weight is 803 g/mol. The molecule has 0 radical (unpaired) electrons. The van der Waals surface area contributed by atoms with Gasteiger partial charge in [-0.25, -0.2) is 9.49 Å². The molecule has 0 bridgehead atoms. The summed E-state index contributed by atoms with van der Waals surface area (Å²) < 4.78 is 18.6. The van der Waals surface area contributed by atoms with E-state index in [1.807, 2.05) is 32.1 Å². The maximum atomic E-state index is 13.3. The van der Waals surface area contributed by atoms with Crippen molar-refractivity contribution >= 4 is 22.4 Å². The maximum Gasteiger partial charge on any atom is 2.00 e. The number of benzene rings is 1. The number of carbonyl (C=O) groups is 1. The Morgan fingerprint density at radius 3 is 2.54 bits per heavy atom. The minimum atomic E-state index is -1.47. The SMILES string of the molecule is Cc1cc(-c2ccccc2OC(C)F)c(C(=O)Nc2nn[c-]s2)cn1.[CH2-]C(/C=C\C(=C/C)C(C)(C)O)=C(C)CC.[U+2]. The molecule has 0 spiro atoms. The molecule has 0 saturated heterocycles. The van der Waals surface area contributed by atoms with Crippen LogP contribution in [-0.2, 0) is 0 Å². The van der Waals surface area contributed by atoms with E-state index >= 15 is 0 Å². The van der Waals surface area contributed by atoms with Gasteiger partial charge in [0.15, 0.2) is 0 Å². The average Bonchev–Trinajstić information content (AvgIpc) is 3.41. The first-order valence-electron chi connectivity index (χ1n) is 12.8. The molecule has 1 unspecified atom stereocenters. The Balaban J connectivity index is 0.000000456. The summed E-state index contributed by atoms with van der Waals surface area (Å²) in [6.45, 7) is 16.8. The molecular weight excluding hydrogens is 765 g/mol. The van der Waals surface area contributed by atoms with Gasteiger partial charge in [0.05, 0.1) is 16.3 Å². The van der Waals surface area contributed by atoms with E-state index in [0.29, 0.717) is 27.6 Å². The number of rotatable bonds is 9. The van der Waals surface area contributed by atoms with Crippen molar-refractivity contribution in [3.63, 3.8) is 0 Å². The largest absolute Gasteiger partial charge is 2.00 e. The number of alkyl halides is 1. The van der Waals surface area contributed by atoms with Crippen molar-refractivity contribution in [1.29, 1.82) is 0 Å². The molecule has 41 heavy (non-hydrogen) atoms. The molecule has 3 rings (SSSR count). The number of allylic oxidation sites excluding steroid dienone is 4. The van der Waals surface area contributed by atoms with Crippen LogP contribution in [0.25, 0.3) is 11.1 Å². The summed E-state index contributed by atoms with van der Waals surface area (Å²) >= 11 is 1.09. The Morgan fingerprint density at radius 2 is 1.98 bits per heavy atom. The van der Waals surface area contributed by atoms with Crippen molar-refractivity contribution in [2.45, 2.75) is 66.8 Å². The number of aryl methyl sites for hydroxylation is 1. The van der Waals surface area contributed by atoms with Crippen molar-refractivity contribution in [2.24, 2.45) is 0 Å². The second-order valence-corrected chi connectivity index (χ2v) is 10.2. The van der Waals surface area contributed by atoms with E-state index < -0.39 is 17.9 Å². The number of nitrogens with one attached hydrogen (secondary N) is 1. The first-order chi connectivity index (χ1) is 18.9. The van der Waals surface area contributed by atoms with Crippen molar-refractivity contribution in [3.8, 4) is 16.9 Å². The number of pyridine rings is 1. The molecule has 0 aliphatic heterocycles. The van der Waals surface area contributed by atoms with Gasteiger partial charge in [0.1, 0.15) is 5.75 Å². The summed E-state index contributed by atoms with van der Waals surface area (Å²) in [5.74, 6) is -0.0443. The molecule has 0 aliphatic carbocycles. The standard InChI is InChI=1S/C17H14FN4O2S.C14H23O.U/c1-10-7-13(12-5-3-4-6-15(12)24-11(2)18)14(8-19-10)16(23)21-17-22-20-9-25-17;1-7-11(3)12(4)9-10-13(8-2)14(5,6)15;/h3-8,11H,1-2H3,(H,21,22,23);8-10,15H,4,7H2,1-3,5-6H3;/q2*-1;+2/b;10-9-,12-11?,13-8+;. The van der Waals surface area contributed by atoms with Crippen LogP contribution in [0.4, 0.5) is 9.52 Å². The van der Waals surface area contributed by atoms with Gasteiger partial charge in [-0.05, 0) is 45.4 Å². The van der Waals surface area contributed by atoms with Gasteiger partial charge >= 0.3 is 31.1 Å². The number of ether oxygens (including phenoxy) is 1. The van der Waals surface area contributed by atoms with Crippen molar-refractivity contribution < 1.29 is 50.1 Å². The predicted octanol–water partition coefficient (Wildman–Crippen LogP) is 7.48. The summed E-state index contributed by atoms with van der Waals surface area (Å²) in [4.78, 5) is 16.8. The number of hydrogen-bond donors (Lipinski definition) is 2. The third-order valence-electron chi connectivity index (χ3n) is 5.86. The molecule has 1 aromatic carbocycles. The number of para-hydroxylation sites is 1. The smallest absolute Gasteiger partial charge is 0.460 e. The minimum Gasteiger partial charge on any atom is -0.460 e. The van der Waals surface area contributed by atoms with Crippen molar-refractivity contribution in [3.05, 3.63) is 95.2 Å². The summed E-state index contributed by atoms with van der Waals surface area (Å²) in [6, 6.07) is 8.71. The molecule has 0 fully saturated rings. The van der Waals surface area contributed by atoms with Gasteiger partial charge in [-0.3, -0.25) is 26.2 Å². The molecule has 0 saturated carbocycles. The molecule has 216 valence electrons. The van der Waals surface area contributed by atoms with Gasteiger partial charge in [-0.1, -0.05) is 50.1 Å². The fraction of sp³-hybridized carbons (Fsp3) is 0.323. The van der Waals surface area contributed by atoms with E-state index in [1.54, 1.807) is 44.2 Å². The number of carbonyl (C=O) groups excluding carboxylic acids is 1. The zero-order chi connectivity index (χ0) is 29.9. The Labute approximate surface area is 270 Å². The zero-order valence-electron chi connectivity index (χ0n) is 24.6. The van der Waals surface area contributed by atoms with E-state index in [-0.39, 0.29) is 31.1 Å². The second-order valence-electron chi connectivity index (χ2n) is 9.48. The number of aromatic nitrogens is 3. The van der Waals surface area contributed by atoms with Crippen molar-refractivity contribution in [2.75, 3.05) is 5.32 Å². The third-order valence-corrected chi connectivity index (χ3v) is 6.41. The van der Waals surface area contributed by atoms with Crippen LogP contribution < -0.4 is 10.1 Å². The van der Waals surface area contributed by atoms with E-state index in [4.69, 9.17) is 4.74 Å². The molecular formula is C31H37FN4O3SU. The van der Waals surface area contributed by atoms with Gasteiger partial charge < -0.3 is 15.2 Å². The fourth-order valence-electron chi connectivity index (χ4n) is 3.51. The van der Waals surface area contributed by atoms with Crippen LogP contribution >= 0.6 is 11.3 Å². The summed E-state index contributed by atoms with van der Waals surface area (Å²) in [6.07, 6.45) is 6.83. The molecule has 2 N–H and O–H groups in total. The molecule has 2 heterocycles. The first kappa shape index (κ1) is 36.3. The quantitative estimate of drug-likeness (QED) is 0.172. The zero-order valence-corrected chi connectivity index (χ0v) is 29.6. The van der Waals surface area contributed by atoms with Gasteiger partial charge in [-0.15, -0.1) is 6.08 Å². The number of anilines is 1. The fourth-order valence-corrected chi connectivity index (χ4v) is 3.90. The van der Waals surface area contributed by atoms with Crippen LogP contribution in [0.1, 0.15) is 64.0 Å². The predicted molar refractivity (Wildman–Crippen MR) is 160 cm³/mol. The van der Waals surface area contributed by atoms with Gasteiger partial charge in [0, 0.05) is 29.9 Å². The Morgan fingerprint density at radius 1 is 1.29 bits per heavy atom. The molecule has 10 heteroatoms. The Kier molecular flexibility index (Phi) is 15.3. The summed E-state index contributed by atoms with van der Waals surface area (Å²) in [7, 11) is 0. The number of aliphatic hydroxyl groups is 1. The van der Waals surface area contributed by atoms with E-state index in [1.165, 1.54) is 18.7 Å². The van der Waals surface area contributed by atoms with Gasteiger partial charge in [0.2, 0.25) is 12.3 Å². The van der Waals surface area contributed by atoms with Crippen LogP contribution in [0.2, 0.25) is 0 Å². The number of halogens is 1. The van der Waals surface area contributed by atoms with Gasteiger partial charge in [0.25, 0.3) is 0 Å². The number of nitrogens with zero attached hydrogens (tertiary/aromatic N) is 3. The number of hydrogen-bond acceptors (Lipinski definition) is 7. The minimum absolute atomic E-state index is 0. The third kappa shape index (κ3) is 11.6. The second kappa shape index (κ2) is 17.2. The molecule has 0 aliphatic rings. The van der Waals surface area contributed by atoms with Crippen molar-refractivity contribution in [1.82, 2.24) is 15.2 Å². The first-order valence-corrected chi connectivity index (χ1v) is 13.7. The molecule has 1 amide bonds. The summed E-state index contributed by atoms with van der Waals surface area (Å²) in [5.41, 5.74) is 7.23. The van der Waals surface area contributed by atoms with Gasteiger partial charge in [-0.2, -0.15) is 24.1 Å². The molecule has 2 aromatic heterocycles. The number of amides is 1. The van der Waals surface area contributed by atoms with E-state index in [2.05, 4.69) is 46.8 Å².